The van der Waals surface area contributed by atoms with Gasteiger partial charge in [-0.2, -0.15) is 10.5 Å². The molecule has 0 aromatic rings. The summed E-state index contributed by atoms with van der Waals surface area (Å²) in [5, 5.41) is 15.9. The van der Waals surface area contributed by atoms with Crippen molar-refractivity contribution in [3.05, 3.63) is 12.7 Å². The second kappa shape index (κ2) is 12.8. The molecular formula is C18H26N2O2. The molecule has 0 aliphatic heterocycles. The molecule has 0 saturated heterocycles. The van der Waals surface area contributed by atoms with Crippen molar-refractivity contribution in [3.8, 4) is 12.1 Å². The van der Waals surface area contributed by atoms with Gasteiger partial charge in [-0.25, -0.2) is 0 Å². The zero-order valence-corrected chi connectivity index (χ0v) is 13.3. The van der Waals surface area contributed by atoms with Gasteiger partial charge in [0.15, 0.2) is 0 Å². The van der Waals surface area contributed by atoms with Crippen LogP contribution in [-0.4, -0.2) is 12.6 Å². The second-order valence-corrected chi connectivity index (χ2v) is 5.86. The lowest BCUT2D eigenvalue weighted by atomic mass is 9.83. The van der Waals surface area contributed by atoms with Gasteiger partial charge in [0.1, 0.15) is 12.6 Å². The number of nitrogens with zero attached hydrogens (tertiary/aromatic N) is 2. The van der Waals surface area contributed by atoms with E-state index < -0.39 is 0 Å². The van der Waals surface area contributed by atoms with E-state index in [-0.39, 0.29) is 5.41 Å². The van der Waals surface area contributed by atoms with Crippen molar-refractivity contribution in [1.82, 2.24) is 0 Å². The van der Waals surface area contributed by atoms with Crippen LogP contribution in [0.25, 0.3) is 0 Å². The zero-order chi connectivity index (χ0) is 16.7. The molecule has 0 radical (unpaired) electrons. The molecule has 0 atom stereocenters. The van der Waals surface area contributed by atoms with Crippen molar-refractivity contribution in [2.24, 2.45) is 11.3 Å². The molecule has 2 fully saturated rings. The summed E-state index contributed by atoms with van der Waals surface area (Å²) in [6.45, 7) is 3.12. The third-order valence-corrected chi connectivity index (χ3v) is 4.27. The van der Waals surface area contributed by atoms with Gasteiger partial charge in [-0.15, -0.1) is 0 Å². The summed E-state index contributed by atoms with van der Waals surface area (Å²) in [4.78, 5) is 20.7. The fourth-order valence-electron chi connectivity index (χ4n) is 2.90. The Labute approximate surface area is 133 Å². The molecule has 2 aliphatic carbocycles. The highest BCUT2D eigenvalue weighted by Crippen LogP contribution is 2.39. The van der Waals surface area contributed by atoms with Crippen LogP contribution >= 0.6 is 0 Å². The Balaban J connectivity index is 0.000000343. The van der Waals surface area contributed by atoms with Crippen LogP contribution in [0.2, 0.25) is 0 Å². The third-order valence-electron chi connectivity index (χ3n) is 4.27. The van der Waals surface area contributed by atoms with Crippen molar-refractivity contribution in [2.75, 3.05) is 0 Å². The summed E-state index contributed by atoms with van der Waals surface area (Å²) in [6.07, 6.45) is 13.8. The van der Waals surface area contributed by atoms with E-state index in [2.05, 4.69) is 12.6 Å². The van der Waals surface area contributed by atoms with Crippen LogP contribution < -0.4 is 0 Å². The number of aldehydes is 2. The van der Waals surface area contributed by atoms with E-state index in [4.69, 9.17) is 10.5 Å². The van der Waals surface area contributed by atoms with Gasteiger partial charge in [0.25, 0.3) is 0 Å². The van der Waals surface area contributed by atoms with E-state index in [1.165, 1.54) is 18.9 Å². The maximum Gasteiger partial charge on any atom is 0.126 e. The topological polar surface area (TPSA) is 81.7 Å². The minimum atomic E-state index is -0.115. The SMILES string of the molecule is C=CC#N.N#CCCC1(C=O)CCCC1.O=CC1CCCC1. The molecule has 0 spiro atoms. The van der Waals surface area contributed by atoms with E-state index in [0.29, 0.717) is 12.3 Å². The fourth-order valence-corrected chi connectivity index (χ4v) is 2.90. The number of hydrogen-bond donors (Lipinski definition) is 0. The molecule has 0 heterocycles. The van der Waals surface area contributed by atoms with E-state index >= 15 is 0 Å². The Kier molecular flexibility index (Phi) is 11.6. The minimum Gasteiger partial charge on any atom is -0.303 e. The highest BCUT2D eigenvalue weighted by molar-refractivity contribution is 5.59. The van der Waals surface area contributed by atoms with Crippen molar-refractivity contribution >= 4 is 12.6 Å². The predicted octanol–water partition coefficient (Wildman–Crippen LogP) is 4.12. The Hall–Kier alpha value is -1.94. The number of rotatable bonds is 4. The van der Waals surface area contributed by atoms with Crippen molar-refractivity contribution in [2.45, 2.75) is 64.2 Å². The molecule has 0 amide bonds. The number of carbonyl (C=O) groups excluding carboxylic acids is 2. The molecule has 0 aromatic heterocycles. The first-order chi connectivity index (χ1) is 10.7. The highest BCUT2D eigenvalue weighted by atomic mass is 16.1. The van der Waals surface area contributed by atoms with Crippen LogP contribution in [0.1, 0.15) is 64.2 Å². The van der Waals surface area contributed by atoms with Gasteiger partial charge < -0.3 is 9.59 Å². The average molecular weight is 302 g/mol. The maximum atomic E-state index is 10.7. The van der Waals surface area contributed by atoms with E-state index in [0.717, 1.165) is 57.5 Å². The second-order valence-electron chi connectivity index (χ2n) is 5.86. The Morgan fingerprint density at radius 3 is 1.95 bits per heavy atom. The van der Waals surface area contributed by atoms with Crippen LogP contribution in [0.3, 0.4) is 0 Å². The Morgan fingerprint density at radius 2 is 1.64 bits per heavy atom. The van der Waals surface area contributed by atoms with Crippen molar-refractivity contribution < 1.29 is 9.59 Å². The van der Waals surface area contributed by atoms with E-state index in [1.807, 2.05) is 0 Å². The molecular weight excluding hydrogens is 276 g/mol. The van der Waals surface area contributed by atoms with Gasteiger partial charge in [0, 0.05) is 23.8 Å². The van der Waals surface area contributed by atoms with Crippen molar-refractivity contribution in [3.63, 3.8) is 0 Å². The van der Waals surface area contributed by atoms with E-state index in [1.54, 1.807) is 6.07 Å². The lowest BCUT2D eigenvalue weighted by molar-refractivity contribution is -0.116. The maximum absolute atomic E-state index is 10.7. The molecule has 4 heteroatoms. The predicted molar refractivity (Wildman–Crippen MR) is 85.6 cm³/mol. The van der Waals surface area contributed by atoms with Crippen LogP contribution in [0.5, 0.6) is 0 Å². The first-order valence-corrected chi connectivity index (χ1v) is 7.97. The Bertz CT molecular complexity index is 406. The van der Waals surface area contributed by atoms with Crippen LogP contribution in [-0.2, 0) is 9.59 Å². The van der Waals surface area contributed by atoms with Gasteiger partial charge in [-0.1, -0.05) is 32.3 Å². The molecule has 4 nitrogen and oxygen atoms in total. The fraction of sp³-hybridized carbons (Fsp3) is 0.667. The summed E-state index contributed by atoms with van der Waals surface area (Å²) in [5.41, 5.74) is -0.115. The molecule has 0 aromatic carbocycles. The molecule has 2 rings (SSSR count). The molecule has 0 N–H and O–H groups in total. The lowest BCUT2D eigenvalue weighted by Crippen LogP contribution is -2.17. The van der Waals surface area contributed by atoms with Gasteiger partial charge in [-0.05, 0) is 32.1 Å². The number of carbonyl (C=O) groups is 2. The first-order valence-electron chi connectivity index (χ1n) is 7.97. The zero-order valence-electron chi connectivity index (χ0n) is 13.3. The molecule has 2 saturated carbocycles. The quantitative estimate of drug-likeness (QED) is 0.577. The monoisotopic (exact) mass is 302 g/mol. The van der Waals surface area contributed by atoms with Gasteiger partial charge in [0.2, 0.25) is 0 Å². The van der Waals surface area contributed by atoms with E-state index in [9.17, 15) is 9.59 Å². The highest BCUT2D eigenvalue weighted by Gasteiger charge is 2.32. The standard InChI is InChI=1S/C9H13NO.C6H10O.C3H3N/c10-7-3-6-9(8-11)4-1-2-5-9;7-5-6-3-1-2-4-6;1-2-3-4/h8H,1-6H2;5-6H,1-4H2;2H,1H2. The summed E-state index contributed by atoms with van der Waals surface area (Å²) in [7, 11) is 0. The van der Waals surface area contributed by atoms with Crippen LogP contribution in [0.15, 0.2) is 12.7 Å². The average Bonchev–Trinajstić information content (AvgIpc) is 3.25. The first kappa shape index (κ1) is 20.1. The number of nitriles is 2. The molecule has 0 bridgehead atoms. The Morgan fingerprint density at radius 1 is 1.09 bits per heavy atom. The molecule has 22 heavy (non-hydrogen) atoms. The number of hydrogen-bond acceptors (Lipinski definition) is 4. The minimum absolute atomic E-state index is 0.115. The summed E-state index contributed by atoms with van der Waals surface area (Å²) in [6, 6.07) is 3.79. The lowest BCUT2D eigenvalue weighted by Gasteiger charge is -2.19. The smallest absolute Gasteiger partial charge is 0.126 e. The molecule has 120 valence electrons. The summed E-state index contributed by atoms with van der Waals surface area (Å²) < 4.78 is 0. The van der Waals surface area contributed by atoms with Gasteiger partial charge in [0.05, 0.1) is 12.1 Å². The van der Waals surface area contributed by atoms with Crippen molar-refractivity contribution in [1.29, 1.82) is 10.5 Å². The summed E-state index contributed by atoms with van der Waals surface area (Å²) in [5.74, 6) is 0.417. The normalized spacial score (nSPS) is 18.5. The van der Waals surface area contributed by atoms with Crippen LogP contribution in [0.4, 0.5) is 0 Å². The van der Waals surface area contributed by atoms with Crippen LogP contribution in [0, 0.1) is 34.0 Å². The van der Waals surface area contributed by atoms with Gasteiger partial charge in [-0.3, -0.25) is 0 Å². The number of allylic oxidation sites excluding steroid dienone is 1. The van der Waals surface area contributed by atoms with Gasteiger partial charge >= 0.3 is 0 Å². The molecule has 0 unspecified atom stereocenters. The third kappa shape index (κ3) is 8.37. The molecule has 2 aliphatic rings. The largest absolute Gasteiger partial charge is 0.303 e. The summed E-state index contributed by atoms with van der Waals surface area (Å²) >= 11 is 0.